The Balaban J connectivity index is 3.97. The molecule has 0 aromatic heterocycles. The normalized spacial score (nSPS) is 13.4. The molecule has 1 amide bonds. The average molecular weight is 674 g/mol. The predicted molar refractivity (Wildman–Crippen MR) is 195 cm³/mol. The lowest BCUT2D eigenvalue weighted by Crippen LogP contribution is -2.45. The fourth-order valence-corrected chi connectivity index (χ4v) is 6.34. The van der Waals surface area contributed by atoms with Crippen LogP contribution in [0.5, 0.6) is 0 Å². The van der Waals surface area contributed by atoms with E-state index >= 15 is 0 Å². The number of hydrogen-bond donors (Lipinski definition) is 4. The second-order valence-corrected chi connectivity index (χ2v) is 14.8. The number of amides is 1. The smallest absolute Gasteiger partial charge is 0.387 e. The second kappa shape index (κ2) is 34.2. The van der Waals surface area contributed by atoms with Crippen molar-refractivity contribution in [2.24, 2.45) is 0 Å². The van der Waals surface area contributed by atoms with Crippen LogP contribution in [0.1, 0.15) is 206 Å². The van der Waals surface area contributed by atoms with Gasteiger partial charge in [-0.1, -0.05) is 193 Å². The number of unbranched alkanes of at least 4 members (excludes halogenated alkanes) is 27. The summed E-state index contributed by atoms with van der Waals surface area (Å²) >= 11 is 0. The van der Waals surface area contributed by atoms with E-state index in [1.54, 1.807) is 6.08 Å². The molecule has 0 bridgehead atoms. The molecule has 0 aromatic carbocycles. The first kappa shape index (κ1) is 45.3. The lowest BCUT2D eigenvalue weighted by Gasteiger charge is -2.22. The van der Waals surface area contributed by atoms with E-state index in [1.165, 1.54) is 148 Å². The van der Waals surface area contributed by atoms with Gasteiger partial charge in [0.15, 0.2) is 0 Å². The van der Waals surface area contributed by atoms with Gasteiger partial charge >= 0.3 is 7.82 Å². The molecule has 0 rings (SSSR count). The number of carbonyl (C=O) groups is 1. The molecule has 7 nitrogen and oxygen atoms in total. The number of phosphoric ester groups is 1. The van der Waals surface area contributed by atoms with Gasteiger partial charge in [0.05, 0.1) is 18.8 Å². The minimum Gasteiger partial charge on any atom is -0.387 e. The Labute approximate surface area is 284 Å². The van der Waals surface area contributed by atoms with Gasteiger partial charge in [-0.15, -0.1) is 0 Å². The van der Waals surface area contributed by atoms with Crippen LogP contribution < -0.4 is 5.32 Å². The van der Waals surface area contributed by atoms with Crippen LogP contribution in [-0.2, 0) is 13.9 Å². The highest BCUT2D eigenvalue weighted by molar-refractivity contribution is 7.46. The summed E-state index contributed by atoms with van der Waals surface area (Å²) in [5.41, 5.74) is 0. The van der Waals surface area contributed by atoms with Crippen LogP contribution in [0.15, 0.2) is 12.2 Å². The van der Waals surface area contributed by atoms with Crippen molar-refractivity contribution in [3.8, 4) is 0 Å². The number of aliphatic hydroxyl groups excluding tert-OH is 1. The van der Waals surface area contributed by atoms with E-state index in [2.05, 4.69) is 23.7 Å². The highest BCUT2D eigenvalue weighted by atomic mass is 31.2. The van der Waals surface area contributed by atoms with Crippen molar-refractivity contribution in [2.45, 2.75) is 219 Å². The summed E-state index contributed by atoms with van der Waals surface area (Å²) in [6.45, 7) is 4.07. The SMILES string of the molecule is CCCCCCCCCCCCCC=CC(O)C(COP(=O)(O)O)NC(=O)CCCCCCCCCCCCCCCCCCC. The van der Waals surface area contributed by atoms with Crippen molar-refractivity contribution in [1.29, 1.82) is 0 Å². The maximum atomic E-state index is 12.5. The van der Waals surface area contributed by atoms with Crippen molar-refractivity contribution in [3.63, 3.8) is 0 Å². The number of allylic oxidation sites excluding steroid dienone is 1. The van der Waals surface area contributed by atoms with Gasteiger partial charge in [-0.25, -0.2) is 4.57 Å². The van der Waals surface area contributed by atoms with Crippen LogP contribution in [0.3, 0.4) is 0 Å². The fraction of sp³-hybridized carbons (Fsp3) is 0.921. The average Bonchev–Trinajstić information content (AvgIpc) is 3.02. The second-order valence-electron chi connectivity index (χ2n) is 13.6. The summed E-state index contributed by atoms with van der Waals surface area (Å²) in [5.74, 6) is -0.224. The van der Waals surface area contributed by atoms with Gasteiger partial charge < -0.3 is 20.2 Å². The maximum Gasteiger partial charge on any atom is 0.469 e. The third-order valence-corrected chi connectivity index (χ3v) is 9.48. The molecule has 0 saturated heterocycles. The Kier molecular flexibility index (Phi) is 33.6. The summed E-state index contributed by atoms with van der Waals surface area (Å²) in [5, 5.41) is 13.3. The van der Waals surface area contributed by atoms with Crippen molar-refractivity contribution in [1.82, 2.24) is 5.32 Å². The Morgan fingerprint density at radius 3 is 1.33 bits per heavy atom. The molecule has 0 fully saturated rings. The maximum absolute atomic E-state index is 12.5. The molecule has 0 heterocycles. The van der Waals surface area contributed by atoms with Crippen molar-refractivity contribution >= 4 is 13.7 Å². The molecule has 0 aliphatic heterocycles. The molecule has 0 spiro atoms. The van der Waals surface area contributed by atoms with E-state index < -0.39 is 26.6 Å². The molecule has 0 aliphatic carbocycles. The van der Waals surface area contributed by atoms with Gasteiger partial charge in [-0.2, -0.15) is 0 Å². The summed E-state index contributed by atoms with van der Waals surface area (Å²) < 4.78 is 15.9. The number of phosphoric acid groups is 1. The van der Waals surface area contributed by atoms with Crippen molar-refractivity contribution < 1.29 is 28.8 Å². The lowest BCUT2D eigenvalue weighted by atomic mass is 10.0. The predicted octanol–water partition coefficient (Wildman–Crippen LogP) is 11.2. The first-order valence-electron chi connectivity index (χ1n) is 19.6. The molecule has 46 heavy (non-hydrogen) atoms. The topological polar surface area (TPSA) is 116 Å². The zero-order chi connectivity index (χ0) is 34.0. The van der Waals surface area contributed by atoms with Gasteiger partial charge in [-0.3, -0.25) is 9.32 Å². The number of rotatable bonds is 36. The molecule has 2 unspecified atom stereocenters. The van der Waals surface area contributed by atoms with Gasteiger partial charge in [0.1, 0.15) is 0 Å². The molecule has 2 atom stereocenters. The van der Waals surface area contributed by atoms with Gasteiger partial charge in [0, 0.05) is 6.42 Å². The van der Waals surface area contributed by atoms with Crippen LogP contribution in [0.2, 0.25) is 0 Å². The minimum absolute atomic E-state index is 0.224. The molecular formula is C38H76NO6P. The number of aliphatic hydroxyl groups is 1. The van der Waals surface area contributed by atoms with E-state index in [0.717, 1.165) is 38.5 Å². The summed E-state index contributed by atoms with van der Waals surface area (Å²) in [6, 6.07) is -0.903. The Morgan fingerprint density at radius 1 is 0.609 bits per heavy atom. The first-order chi connectivity index (χ1) is 22.3. The zero-order valence-electron chi connectivity index (χ0n) is 30.2. The number of carbonyl (C=O) groups excluding carboxylic acids is 1. The van der Waals surface area contributed by atoms with Crippen LogP contribution in [0, 0.1) is 0 Å². The standard InChI is InChI=1S/C38H76NO6P/c1-3-5-7-9-11-13-15-17-18-19-20-22-24-26-28-30-32-34-38(41)39-36(35-45-46(42,43)44)37(40)33-31-29-27-25-23-21-16-14-12-10-8-6-4-2/h31,33,36-37,40H,3-30,32,34-35H2,1-2H3,(H,39,41)(H2,42,43,44). The molecule has 274 valence electrons. The zero-order valence-corrected chi connectivity index (χ0v) is 31.1. The monoisotopic (exact) mass is 674 g/mol. The number of hydrogen-bond acceptors (Lipinski definition) is 4. The van der Waals surface area contributed by atoms with Crippen molar-refractivity contribution in [3.05, 3.63) is 12.2 Å². The van der Waals surface area contributed by atoms with Crippen LogP contribution in [0.25, 0.3) is 0 Å². The largest absolute Gasteiger partial charge is 0.469 e. The molecule has 8 heteroatoms. The summed E-state index contributed by atoms with van der Waals surface area (Å²) in [6.07, 6.45) is 39.4. The highest BCUT2D eigenvalue weighted by Gasteiger charge is 2.24. The number of nitrogens with one attached hydrogen (secondary N) is 1. The Morgan fingerprint density at radius 2 is 0.957 bits per heavy atom. The third-order valence-electron chi connectivity index (χ3n) is 9.00. The molecular weight excluding hydrogens is 597 g/mol. The van der Waals surface area contributed by atoms with Crippen LogP contribution >= 0.6 is 7.82 Å². The summed E-state index contributed by atoms with van der Waals surface area (Å²) in [7, 11) is -4.71. The molecule has 0 saturated carbocycles. The Hall–Kier alpha value is -0.720. The molecule has 0 radical (unpaired) electrons. The van der Waals surface area contributed by atoms with Gasteiger partial charge in [-0.05, 0) is 19.3 Å². The minimum atomic E-state index is -4.71. The van der Waals surface area contributed by atoms with Crippen LogP contribution in [0.4, 0.5) is 0 Å². The molecule has 0 aromatic rings. The van der Waals surface area contributed by atoms with E-state index in [9.17, 15) is 14.5 Å². The van der Waals surface area contributed by atoms with Gasteiger partial charge in [0.2, 0.25) is 5.91 Å². The van der Waals surface area contributed by atoms with E-state index in [-0.39, 0.29) is 5.91 Å². The fourth-order valence-electron chi connectivity index (χ4n) is 5.99. The van der Waals surface area contributed by atoms with E-state index in [0.29, 0.717) is 6.42 Å². The van der Waals surface area contributed by atoms with E-state index in [4.69, 9.17) is 9.79 Å². The van der Waals surface area contributed by atoms with Crippen molar-refractivity contribution in [2.75, 3.05) is 6.61 Å². The summed E-state index contributed by atoms with van der Waals surface area (Å²) in [4.78, 5) is 30.8. The quantitative estimate of drug-likeness (QED) is 0.0299. The van der Waals surface area contributed by atoms with Gasteiger partial charge in [0.25, 0.3) is 0 Å². The first-order valence-corrected chi connectivity index (χ1v) is 21.2. The lowest BCUT2D eigenvalue weighted by molar-refractivity contribution is -0.123. The third kappa shape index (κ3) is 34.6. The molecule has 0 aliphatic rings. The highest BCUT2D eigenvalue weighted by Crippen LogP contribution is 2.35. The van der Waals surface area contributed by atoms with E-state index in [1.807, 2.05) is 6.08 Å². The van der Waals surface area contributed by atoms with Crippen LogP contribution in [-0.4, -0.2) is 39.6 Å². The Bertz CT molecular complexity index is 728. The molecule has 4 N–H and O–H groups in total.